The summed E-state index contributed by atoms with van der Waals surface area (Å²) in [6.45, 7) is 0. The van der Waals surface area contributed by atoms with Crippen LogP contribution in [0.1, 0.15) is 10.4 Å². The Morgan fingerprint density at radius 2 is 1.61 bits per heavy atom. The molecule has 2 rings (SSSR count). The predicted octanol–water partition coefficient (Wildman–Crippen LogP) is 3.30. The molecule has 0 unspecified atom stereocenters. The van der Waals surface area contributed by atoms with E-state index in [0.717, 1.165) is 16.0 Å². The number of hydrogen-bond acceptors (Lipinski definition) is 4. The number of rotatable bonds is 3. The minimum atomic E-state index is 0.0605. The van der Waals surface area contributed by atoms with Crippen LogP contribution in [0.15, 0.2) is 41.3 Å². The van der Waals surface area contributed by atoms with Gasteiger partial charge in [0, 0.05) is 10.5 Å². The molecule has 0 aliphatic carbocycles. The smallest absolute Gasteiger partial charge is 0.150 e. The Hall–Kier alpha value is -1.94. The Labute approximate surface area is 109 Å². The molecule has 0 bridgehead atoms. The van der Waals surface area contributed by atoms with Crippen LogP contribution in [0.25, 0.3) is 11.1 Å². The summed E-state index contributed by atoms with van der Waals surface area (Å²) in [4.78, 5) is 11.9. The van der Waals surface area contributed by atoms with E-state index in [1.807, 2.05) is 6.26 Å². The highest BCUT2D eigenvalue weighted by Crippen LogP contribution is 2.35. The SMILES string of the molecule is CSc1cc(O)ccc1-c1ccc(O)cc1C=O. The molecule has 0 saturated heterocycles. The molecule has 2 aromatic carbocycles. The average Bonchev–Trinajstić information content (AvgIpc) is 2.38. The first-order valence-electron chi connectivity index (χ1n) is 5.31. The van der Waals surface area contributed by atoms with Crippen LogP contribution >= 0.6 is 11.8 Å². The van der Waals surface area contributed by atoms with Crippen LogP contribution in [-0.2, 0) is 0 Å². The molecular formula is C14H12O3S. The molecule has 3 nitrogen and oxygen atoms in total. The summed E-state index contributed by atoms with van der Waals surface area (Å²) in [6, 6.07) is 9.67. The average molecular weight is 260 g/mol. The molecule has 2 N–H and O–H groups in total. The molecule has 0 spiro atoms. The topological polar surface area (TPSA) is 57.5 Å². The number of aldehydes is 1. The summed E-state index contributed by atoms with van der Waals surface area (Å²) in [7, 11) is 0. The van der Waals surface area contributed by atoms with Gasteiger partial charge in [0.05, 0.1) is 0 Å². The minimum absolute atomic E-state index is 0.0605. The van der Waals surface area contributed by atoms with Crippen LogP contribution in [0, 0.1) is 0 Å². The van der Waals surface area contributed by atoms with Gasteiger partial charge < -0.3 is 10.2 Å². The fourth-order valence-corrected chi connectivity index (χ4v) is 2.43. The monoisotopic (exact) mass is 260 g/mol. The van der Waals surface area contributed by atoms with Crippen LogP contribution in [-0.4, -0.2) is 22.8 Å². The number of phenols is 2. The van der Waals surface area contributed by atoms with Gasteiger partial charge in [-0.25, -0.2) is 0 Å². The third kappa shape index (κ3) is 2.33. The molecular weight excluding hydrogens is 248 g/mol. The van der Waals surface area contributed by atoms with Gasteiger partial charge in [-0.1, -0.05) is 0 Å². The van der Waals surface area contributed by atoms with E-state index in [4.69, 9.17) is 0 Å². The zero-order chi connectivity index (χ0) is 13.1. The van der Waals surface area contributed by atoms with E-state index in [1.165, 1.54) is 17.8 Å². The number of phenolic OH excluding ortho intramolecular Hbond substituents is 2. The Kier molecular flexibility index (Phi) is 3.58. The molecule has 0 radical (unpaired) electrons. The zero-order valence-corrected chi connectivity index (χ0v) is 10.6. The Bertz CT molecular complexity index is 594. The highest BCUT2D eigenvalue weighted by molar-refractivity contribution is 7.98. The molecule has 0 aliphatic heterocycles. The van der Waals surface area contributed by atoms with E-state index in [-0.39, 0.29) is 11.5 Å². The van der Waals surface area contributed by atoms with E-state index in [1.54, 1.807) is 30.3 Å². The van der Waals surface area contributed by atoms with E-state index in [2.05, 4.69) is 0 Å². The van der Waals surface area contributed by atoms with Crippen LogP contribution in [0.3, 0.4) is 0 Å². The second-order valence-corrected chi connectivity index (χ2v) is 4.62. The summed E-state index contributed by atoms with van der Waals surface area (Å²) >= 11 is 1.49. The molecule has 0 amide bonds. The van der Waals surface area contributed by atoms with Crippen LogP contribution in [0.2, 0.25) is 0 Å². The summed E-state index contributed by atoms with van der Waals surface area (Å²) in [5.41, 5.74) is 2.03. The summed E-state index contributed by atoms with van der Waals surface area (Å²) in [6.07, 6.45) is 2.62. The Balaban J connectivity index is 2.65. The maximum absolute atomic E-state index is 11.1. The first-order valence-corrected chi connectivity index (χ1v) is 6.53. The van der Waals surface area contributed by atoms with Crippen molar-refractivity contribution in [3.05, 3.63) is 42.0 Å². The van der Waals surface area contributed by atoms with Crippen molar-refractivity contribution in [2.75, 3.05) is 6.26 Å². The molecule has 0 aliphatic rings. The van der Waals surface area contributed by atoms with E-state index >= 15 is 0 Å². The van der Waals surface area contributed by atoms with Crippen LogP contribution < -0.4 is 0 Å². The van der Waals surface area contributed by atoms with Gasteiger partial charge in [0.2, 0.25) is 0 Å². The second-order valence-electron chi connectivity index (χ2n) is 3.77. The molecule has 0 heterocycles. The molecule has 0 atom stereocenters. The van der Waals surface area contributed by atoms with Crippen molar-refractivity contribution in [2.24, 2.45) is 0 Å². The number of hydrogen-bond donors (Lipinski definition) is 2. The van der Waals surface area contributed by atoms with Gasteiger partial charge in [-0.2, -0.15) is 0 Å². The van der Waals surface area contributed by atoms with Gasteiger partial charge in [-0.3, -0.25) is 4.79 Å². The summed E-state index contributed by atoms with van der Waals surface area (Å²) in [5.74, 6) is 0.250. The molecule has 0 saturated carbocycles. The maximum Gasteiger partial charge on any atom is 0.150 e. The second kappa shape index (κ2) is 5.14. The minimum Gasteiger partial charge on any atom is -0.508 e. The van der Waals surface area contributed by atoms with E-state index < -0.39 is 0 Å². The molecule has 4 heteroatoms. The van der Waals surface area contributed by atoms with Gasteiger partial charge in [0.25, 0.3) is 0 Å². The van der Waals surface area contributed by atoms with Crippen molar-refractivity contribution in [1.29, 1.82) is 0 Å². The first kappa shape index (κ1) is 12.5. The number of aromatic hydroxyl groups is 2. The predicted molar refractivity (Wildman–Crippen MR) is 72.4 cm³/mol. The standard InChI is InChI=1S/C14H12O3S/c1-18-14-7-11(17)3-5-13(14)12-4-2-10(16)6-9(12)8-15/h2-8,16-17H,1H3. The third-order valence-electron chi connectivity index (χ3n) is 2.64. The molecule has 92 valence electrons. The van der Waals surface area contributed by atoms with Gasteiger partial charge in [0.1, 0.15) is 11.5 Å². The van der Waals surface area contributed by atoms with E-state index in [9.17, 15) is 15.0 Å². The Morgan fingerprint density at radius 3 is 2.22 bits per heavy atom. The first-order chi connectivity index (χ1) is 8.65. The summed E-state index contributed by atoms with van der Waals surface area (Å²) < 4.78 is 0. The lowest BCUT2D eigenvalue weighted by molar-refractivity contribution is 0.112. The highest BCUT2D eigenvalue weighted by atomic mass is 32.2. The van der Waals surface area contributed by atoms with Crippen molar-refractivity contribution >= 4 is 18.0 Å². The van der Waals surface area contributed by atoms with Crippen LogP contribution in [0.5, 0.6) is 11.5 Å². The number of benzene rings is 2. The fraction of sp³-hybridized carbons (Fsp3) is 0.0714. The highest BCUT2D eigenvalue weighted by Gasteiger charge is 2.10. The number of thioether (sulfide) groups is 1. The van der Waals surface area contributed by atoms with Gasteiger partial charge in [-0.15, -0.1) is 11.8 Å². The van der Waals surface area contributed by atoms with E-state index in [0.29, 0.717) is 11.8 Å². The van der Waals surface area contributed by atoms with Gasteiger partial charge >= 0.3 is 0 Å². The van der Waals surface area contributed by atoms with Crippen LogP contribution in [0.4, 0.5) is 0 Å². The molecule has 2 aromatic rings. The number of carbonyl (C=O) groups is 1. The molecule has 0 aromatic heterocycles. The maximum atomic E-state index is 11.1. The quantitative estimate of drug-likeness (QED) is 0.656. The summed E-state index contributed by atoms with van der Waals surface area (Å²) in [5, 5.41) is 18.8. The lowest BCUT2D eigenvalue weighted by Crippen LogP contribution is -1.89. The van der Waals surface area contributed by atoms with Gasteiger partial charge in [-0.05, 0) is 53.8 Å². The van der Waals surface area contributed by atoms with Crippen molar-refractivity contribution in [3.63, 3.8) is 0 Å². The van der Waals surface area contributed by atoms with Crippen molar-refractivity contribution in [3.8, 4) is 22.6 Å². The Morgan fingerprint density at radius 1 is 1.00 bits per heavy atom. The number of carbonyl (C=O) groups excluding carboxylic acids is 1. The van der Waals surface area contributed by atoms with Crippen molar-refractivity contribution < 1.29 is 15.0 Å². The van der Waals surface area contributed by atoms with Crippen molar-refractivity contribution in [1.82, 2.24) is 0 Å². The third-order valence-corrected chi connectivity index (χ3v) is 3.41. The molecule has 0 fully saturated rings. The van der Waals surface area contributed by atoms with Crippen molar-refractivity contribution in [2.45, 2.75) is 4.90 Å². The van der Waals surface area contributed by atoms with Gasteiger partial charge in [0.15, 0.2) is 6.29 Å². The largest absolute Gasteiger partial charge is 0.508 e. The lowest BCUT2D eigenvalue weighted by atomic mass is 10.00. The normalized spacial score (nSPS) is 10.3. The zero-order valence-electron chi connectivity index (χ0n) is 9.75. The lowest BCUT2D eigenvalue weighted by Gasteiger charge is -2.10. The fourth-order valence-electron chi connectivity index (χ4n) is 1.80. The molecule has 18 heavy (non-hydrogen) atoms.